The lowest BCUT2D eigenvalue weighted by Gasteiger charge is -2.03. The average molecular weight is 235 g/mol. The second-order valence-corrected chi connectivity index (χ2v) is 3.94. The summed E-state index contributed by atoms with van der Waals surface area (Å²) in [7, 11) is 0. The van der Waals surface area contributed by atoms with Gasteiger partial charge in [0.15, 0.2) is 5.84 Å². The van der Waals surface area contributed by atoms with Crippen LogP contribution in [-0.4, -0.2) is 11.8 Å². The molecule has 0 heterocycles. The molecule has 0 bridgehead atoms. The number of oxime groups is 1. The lowest BCUT2D eigenvalue weighted by Crippen LogP contribution is -2.17. The summed E-state index contributed by atoms with van der Waals surface area (Å²) in [4.78, 5) is 15.9. The topological polar surface area (TPSA) is 90.7 Å². The minimum atomic E-state index is -0.411. The van der Waals surface area contributed by atoms with Gasteiger partial charge in [-0.15, -0.1) is 0 Å². The van der Waals surface area contributed by atoms with Crippen molar-refractivity contribution in [2.24, 2.45) is 22.5 Å². The van der Waals surface area contributed by atoms with Crippen LogP contribution in [0.3, 0.4) is 0 Å². The van der Waals surface area contributed by atoms with E-state index in [1.165, 1.54) is 0 Å². The van der Waals surface area contributed by atoms with Crippen LogP contribution in [0.1, 0.15) is 25.0 Å². The van der Waals surface area contributed by atoms with E-state index in [0.717, 1.165) is 5.56 Å². The molecule has 0 fully saturated rings. The number of hydrogen-bond acceptors (Lipinski definition) is 4. The molecule has 0 aromatic heterocycles. The van der Waals surface area contributed by atoms with Crippen molar-refractivity contribution >= 4 is 11.8 Å². The lowest BCUT2D eigenvalue weighted by molar-refractivity contribution is -0.147. The van der Waals surface area contributed by atoms with Crippen molar-refractivity contribution in [2.45, 2.75) is 20.4 Å². The molecule has 0 aliphatic carbocycles. The number of amidine groups is 1. The molecule has 1 aromatic rings. The molecule has 5 nitrogen and oxygen atoms in total. The van der Waals surface area contributed by atoms with Gasteiger partial charge >= 0.3 is 5.97 Å². The summed E-state index contributed by atoms with van der Waals surface area (Å²) < 4.78 is 0. The van der Waals surface area contributed by atoms with E-state index in [-0.39, 0.29) is 11.8 Å². The first-order valence-corrected chi connectivity index (χ1v) is 5.38. The molecule has 0 amide bonds. The van der Waals surface area contributed by atoms with Gasteiger partial charge in [-0.2, -0.15) is 0 Å². The van der Waals surface area contributed by atoms with E-state index in [1.54, 1.807) is 26.0 Å². The number of carbonyl (C=O) groups is 1. The second-order valence-electron chi connectivity index (χ2n) is 3.94. The van der Waals surface area contributed by atoms with E-state index >= 15 is 0 Å². The molecule has 4 N–H and O–H groups in total. The smallest absolute Gasteiger partial charge is 0.337 e. The van der Waals surface area contributed by atoms with Gasteiger partial charge < -0.3 is 16.3 Å². The molecule has 17 heavy (non-hydrogen) atoms. The largest absolute Gasteiger partial charge is 0.380 e. The third-order valence-electron chi connectivity index (χ3n) is 2.19. The minimum Gasteiger partial charge on any atom is -0.380 e. The number of benzene rings is 1. The monoisotopic (exact) mass is 235 g/mol. The number of rotatable bonds is 4. The van der Waals surface area contributed by atoms with E-state index in [4.69, 9.17) is 11.5 Å². The molecule has 0 saturated carbocycles. The van der Waals surface area contributed by atoms with Gasteiger partial charge in [-0.25, -0.2) is 4.79 Å². The highest BCUT2D eigenvalue weighted by Gasteiger charge is 2.08. The zero-order valence-electron chi connectivity index (χ0n) is 10.0. The normalized spacial score (nSPS) is 11.6. The average Bonchev–Trinajstić information content (AvgIpc) is 2.35. The van der Waals surface area contributed by atoms with E-state index in [1.807, 2.05) is 12.1 Å². The SMILES string of the molecule is CC(C)C(=O)O/N=C(\N)c1ccc(CN)cc1. The maximum absolute atomic E-state index is 11.2. The molecule has 5 heteroatoms. The maximum atomic E-state index is 11.2. The van der Waals surface area contributed by atoms with Crippen molar-refractivity contribution in [2.75, 3.05) is 0 Å². The Balaban J connectivity index is 2.71. The molecule has 0 spiro atoms. The lowest BCUT2D eigenvalue weighted by atomic mass is 10.1. The highest BCUT2D eigenvalue weighted by Crippen LogP contribution is 2.04. The van der Waals surface area contributed by atoms with Gasteiger partial charge in [0.25, 0.3) is 0 Å². The number of nitrogens with zero attached hydrogens (tertiary/aromatic N) is 1. The zero-order valence-corrected chi connectivity index (χ0v) is 10.0. The molecule has 0 atom stereocenters. The summed E-state index contributed by atoms with van der Waals surface area (Å²) in [6.07, 6.45) is 0. The van der Waals surface area contributed by atoms with Crippen LogP contribution in [0.4, 0.5) is 0 Å². The summed E-state index contributed by atoms with van der Waals surface area (Å²) in [6, 6.07) is 7.26. The summed E-state index contributed by atoms with van der Waals surface area (Å²) >= 11 is 0. The summed E-state index contributed by atoms with van der Waals surface area (Å²) in [5.41, 5.74) is 12.8. The molecule has 0 saturated heterocycles. The Kier molecular flexibility index (Phi) is 4.66. The molecule has 92 valence electrons. The highest BCUT2D eigenvalue weighted by molar-refractivity contribution is 5.97. The van der Waals surface area contributed by atoms with Crippen LogP contribution in [-0.2, 0) is 16.2 Å². The van der Waals surface area contributed by atoms with Crippen molar-refractivity contribution in [3.05, 3.63) is 35.4 Å². The Bertz CT molecular complexity index is 410. The summed E-state index contributed by atoms with van der Waals surface area (Å²) in [6.45, 7) is 3.92. The number of carbonyl (C=O) groups excluding carboxylic acids is 1. The fourth-order valence-corrected chi connectivity index (χ4v) is 1.06. The second kappa shape index (κ2) is 6.00. The van der Waals surface area contributed by atoms with Crippen molar-refractivity contribution in [3.63, 3.8) is 0 Å². The van der Waals surface area contributed by atoms with E-state index in [2.05, 4.69) is 9.99 Å². The molecule has 1 rings (SSSR count). The van der Waals surface area contributed by atoms with Crippen molar-refractivity contribution in [1.82, 2.24) is 0 Å². The summed E-state index contributed by atoms with van der Waals surface area (Å²) in [5.74, 6) is -0.472. The molecular formula is C12H17N3O2. The van der Waals surface area contributed by atoms with E-state index < -0.39 is 5.97 Å². The van der Waals surface area contributed by atoms with Gasteiger partial charge in [0.05, 0.1) is 5.92 Å². The van der Waals surface area contributed by atoms with Crippen molar-refractivity contribution in [3.8, 4) is 0 Å². The van der Waals surface area contributed by atoms with Gasteiger partial charge in [0.1, 0.15) is 0 Å². The van der Waals surface area contributed by atoms with Gasteiger partial charge in [-0.3, -0.25) is 0 Å². The Morgan fingerprint density at radius 1 is 1.35 bits per heavy atom. The standard InChI is InChI=1S/C12H17N3O2/c1-8(2)12(16)17-15-11(14)10-5-3-9(7-13)4-6-10/h3-6,8H,7,13H2,1-2H3,(H2,14,15). The highest BCUT2D eigenvalue weighted by atomic mass is 16.7. The van der Waals surface area contributed by atoms with Crippen LogP contribution >= 0.6 is 0 Å². The first-order chi connectivity index (χ1) is 8.04. The van der Waals surface area contributed by atoms with E-state index in [9.17, 15) is 4.79 Å². The molecule has 0 radical (unpaired) electrons. The third kappa shape index (κ3) is 3.88. The van der Waals surface area contributed by atoms with Crippen LogP contribution in [0.15, 0.2) is 29.4 Å². The molecular weight excluding hydrogens is 218 g/mol. The predicted octanol–water partition coefficient (Wildman–Crippen LogP) is 0.965. The summed E-state index contributed by atoms with van der Waals surface area (Å²) in [5, 5.41) is 3.58. The third-order valence-corrected chi connectivity index (χ3v) is 2.19. The number of hydrogen-bond donors (Lipinski definition) is 2. The van der Waals surface area contributed by atoms with Gasteiger partial charge in [-0.05, 0) is 5.56 Å². The van der Waals surface area contributed by atoms with Crippen LogP contribution in [0.5, 0.6) is 0 Å². The molecule has 0 aliphatic heterocycles. The molecule has 1 aromatic carbocycles. The van der Waals surface area contributed by atoms with Gasteiger partial charge in [-0.1, -0.05) is 43.3 Å². The Labute approximate surface area is 100 Å². The fourth-order valence-electron chi connectivity index (χ4n) is 1.06. The fraction of sp³-hybridized carbons (Fsp3) is 0.333. The van der Waals surface area contributed by atoms with Crippen molar-refractivity contribution in [1.29, 1.82) is 0 Å². The first kappa shape index (κ1) is 13.2. The Morgan fingerprint density at radius 2 is 1.94 bits per heavy atom. The van der Waals surface area contributed by atoms with E-state index in [0.29, 0.717) is 12.1 Å². The Hall–Kier alpha value is -1.88. The Morgan fingerprint density at radius 3 is 2.41 bits per heavy atom. The van der Waals surface area contributed by atoms with Crippen LogP contribution < -0.4 is 11.5 Å². The van der Waals surface area contributed by atoms with Crippen LogP contribution in [0, 0.1) is 5.92 Å². The predicted molar refractivity (Wildman–Crippen MR) is 66.0 cm³/mol. The van der Waals surface area contributed by atoms with Crippen LogP contribution in [0.25, 0.3) is 0 Å². The van der Waals surface area contributed by atoms with Gasteiger partial charge in [0, 0.05) is 12.1 Å². The quantitative estimate of drug-likeness (QED) is 0.352. The van der Waals surface area contributed by atoms with Crippen LogP contribution in [0.2, 0.25) is 0 Å². The molecule has 0 unspecified atom stereocenters. The minimum absolute atomic E-state index is 0.169. The first-order valence-electron chi connectivity index (χ1n) is 5.38. The van der Waals surface area contributed by atoms with Gasteiger partial charge in [0.2, 0.25) is 0 Å². The molecule has 0 aliphatic rings. The maximum Gasteiger partial charge on any atom is 0.337 e. The number of nitrogens with two attached hydrogens (primary N) is 2. The van der Waals surface area contributed by atoms with Crippen molar-refractivity contribution < 1.29 is 9.63 Å². The zero-order chi connectivity index (χ0) is 12.8.